The number of aromatic nitrogens is 1. The number of carbonyl (C=O) groups excluding carboxylic acids is 1. The van der Waals surface area contributed by atoms with Crippen molar-refractivity contribution in [3.8, 4) is 0 Å². The van der Waals surface area contributed by atoms with Gasteiger partial charge < -0.3 is 9.72 Å². The van der Waals surface area contributed by atoms with E-state index in [1.165, 1.54) is 35.4 Å². The third-order valence-corrected chi connectivity index (χ3v) is 6.17. The van der Waals surface area contributed by atoms with Crippen LogP contribution in [0.2, 0.25) is 0 Å². The number of para-hydroxylation sites is 1. The number of aromatic amines is 1. The number of methoxy groups -OCH3 is 1. The third kappa shape index (κ3) is 4.85. The van der Waals surface area contributed by atoms with Gasteiger partial charge in [0.2, 0.25) is 0 Å². The minimum atomic E-state index is -0.370. The Morgan fingerprint density at radius 1 is 1.28 bits per heavy atom. The molecule has 7 nitrogen and oxygen atoms in total. The molecule has 2 atom stereocenters. The second-order valence-electron chi connectivity index (χ2n) is 8.25. The van der Waals surface area contributed by atoms with Gasteiger partial charge in [0.25, 0.3) is 0 Å². The number of hydrogen-bond donors (Lipinski definition) is 1. The third-order valence-electron chi connectivity index (χ3n) is 6.17. The van der Waals surface area contributed by atoms with E-state index in [0.29, 0.717) is 6.04 Å². The molecule has 0 unspecified atom stereocenters. The van der Waals surface area contributed by atoms with Crippen LogP contribution in [0.1, 0.15) is 28.8 Å². The first kappa shape index (κ1) is 21.7. The average molecular weight is 430 g/mol. The molecule has 32 heavy (non-hydrogen) atoms. The van der Waals surface area contributed by atoms with Gasteiger partial charge in [0.15, 0.2) is 0 Å². The van der Waals surface area contributed by atoms with E-state index in [1.807, 2.05) is 18.2 Å². The highest BCUT2D eigenvalue weighted by Gasteiger charge is 2.32. The number of azide groups is 1. The minimum absolute atomic E-state index is 0.0159. The van der Waals surface area contributed by atoms with E-state index >= 15 is 0 Å². The van der Waals surface area contributed by atoms with Crippen molar-refractivity contribution in [2.45, 2.75) is 38.4 Å². The van der Waals surface area contributed by atoms with Crippen LogP contribution in [0.25, 0.3) is 27.4 Å². The lowest BCUT2D eigenvalue weighted by atomic mass is 10.00. The number of H-pyrrole nitrogens is 1. The number of benzene rings is 2. The number of fused-ring (bicyclic) bond motifs is 1. The summed E-state index contributed by atoms with van der Waals surface area (Å²) in [6.45, 7) is 3.66. The van der Waals surface area contributed by atoms with Gasteiger partial charge in [0.1, 0.15) is 0 Å². The molecule has 1 aliphatic rings. The number of rotatable bonds is 7. The first-order valence-electron chi connectivity index (χ1n) is 10.8. The number of aryl methyl sites for hydroxylation is 1. The molecular weight excluding hydrogens is 402 g/mol. The number of carbonyl (C=O) groups is 1. The van der Waals surface area contributed by atoms with Crippen LogP contribution in [0.5, 0.6) is 0 Å². The second kappa shape index (κ2) is 9.73. The average Bonchev–Trinajstić information content (AvgIpc) is 3.33. The van der Waals surface area contributed by atoms with Gasteiger partial charge in [-0.15, -0.1) is 0 Å². The van der Waals surface area contributed by atoms with Crippen LogP contribution in [-0.4, -0.2) is 41.6 Å². The fourth-order valence-electron chi connectivity index (χ4n) is 4.55. The molecule has 0 aliphatic carbocycles. The van der Waals surface area contributed by atoms with E-state index in [-0.39, 0.29) is 12.0 Å². The van der Waals surface area contributed by atoms with Crippen LogP contribution >= 0.6 is 0 Å². The molecule has 1 N–H and O–H groups in total. The van der Waals surface area contributed by atoms with Gasteiger partial charge in [-0.1, -0.05) is 47.6 Å². The molecule has 0 amide bonds. The van der Waals surface area contributed by atoms with Crippen molar-refractivity contribution in [2.75, 3.05) is 13.7 Å². The predicted molar refractivity (Wildman–Crippen MR) is 126 cm³/mol. The van der Waals surface area contributed by atoms with Crippen LogP contribution in [0, 0.1) is 6.92 Å². The molecule has 0 spiro atoms. The van der Waals surface area contributed by atoms with Crippen molar-refractivity contribution in [2.24, 2.45) is 5.11 Å². The van der Waals surface area contributed by atoms with E-state index in [4.69, 9.17) is 5.53 Å². The topological polar surface area (TPSA) is 94.1 Å². The summed E-state index contributed by atoms with van der Waals surface area (Å²) in [7, 11) is 1.36. The Labute approximate surface area is 187 Å². The summed E-state index contributed by atoms with van der Waals surface area (Å²) in [5.41, 5.74) is 14.8. The monoisotopic (exact) mass is 429 g/mol. The Balaban J connectivity index is 1.52. The molecule has 3 aromatic rings. The zero-order valence-electron chi connectivity index (χ0n) is 18.4. The maximum atomic E-state index is 11.3. The number of ether oxygens (including phenoxy) is 1. The van der Waals surface area contributed by atoms with Gasteiger partial charge in [-0.3, -0.25) is 4.90 Å². The smallest absolute Gasteiger partial charge is 0.330 e. The Morgan fingerprint density at radius 2 is 2.06 bits per heavy atom. The van der Waals surface area contributed by atoms with E-state index in [2.05, 4.69) is 61.9 Å². The SMILES string of the molecule is COC(=O)C=Cc1ccc(CN2C[C@@H](N=[N+]=[N-])C[C@@H]2Cc2c(C)[nH]c3ccccc23)cc1. The molecule has 1 aliphatic heterocycles. The van der Waals surface area contributed by atoms with Crippen molar-refractivity contribution in [1.82, 2.24) is 9.88 Å². The Morgan fingerprint density at radius 3 is 2.81 bits per heavy atom. The number of nitrogens with one attached hydrogen (secondary N) is 1. The standard InChI is InChI=1S/C25H27N5O2/c1-17-23(22-5-3-4-6-24(22)27-17)14-21-13-20(28-29-26)16-30(21)15-19-9-7-18(8-10-19)11-12-25(31)32-2/h3-12,20-21,27H,13-16H2,1-2H3/t20-,21+/m0/s1. The zero-order valence-corrected chi connectivity index (χ0v) is 18.4. The van der Waals surface area contributed by atoms with Crippen LogP contribution in [0.3, 0.4) is 0 Å². The van der Waals surface area contributed by atoms with Gasteiger partial charge in [-0.05, 0) is 54.1 Å². The van der Waals surface area contributed by atoms with Crippen molar-refractivity contribution in [3.63, 3.8) is 0 Å². The van der Waals surface area contributed by atoms with Crippen LogP contribution in [0.15, 0.2) is 59.7 Å². The van der Waals surface area contributed by atoms with Gasteiger partial charge in [-0.2, -0.15) is 0 Å². The molecule has 164 valence electrons. The maximum Gasteiger partial charge on any atom is 0.330 e. The zero-order chi connectivity index (χ0) is 22.5. The molecule has 7 heteroatoms. The molecule has 2 aromatic carbocycles. The van der Waals surface area contributed by atoms with Crippen LogP contribution in [-0.2, 0) is 22.5 Å². The highest BCUT2D eigenvalue weighted by atomic mass is 16.5. The summed E-state index contributed by atoms with van der Waals surface area (Å²) in [5.74, 6) is -0.370. The summed E-state index contributed by atoms with van der Waals surface area (Å²) in [6.07, 6.45) is 4.92. The Kier molecular flexibility index (Phi) is 6.59. The summed E-state index contributed by atoms with van der Waals surface area (Å²) in [5, 5.41) is 5.28. The van der Waals surface area contributed by atoms with Crippen molar-refractivity contribution >= 4 is 22.9 Å². The summed E-state index contributed by atoms with van der Waals surface area (Å²) < 4.78 is 4.64. The highest BCUT2D eigenvalue weighted by Crippen LogP contribution is 2.30. The second-order valence-corrected chi connectivity index (χ2v) is 8.25. The molecule has 1 aromatic heterocycles. The summed E-state index contributed by atoms with van der Waals surface area (Å²) in [4.78, 5) is 20.3. The van der Waals surface area contributed by atoms with Gasteiger partial charge >= 0.3 is 5.97 Å². The van der Waals surface area contributed by atoms with Gasteiger partial charge in [0.05, 0.1) is 13.2 Å². The predicted octanol–water partition coefficient (Wildman–Crippen LogP) is 5.16. The number of hydrogen-bond acceptors (Lipinski definition) is 4. The molecular formula is C25H27N5O2. The van der Waals surface area contributed by atoms with Gasteiger partial charge in [-0.25, -0.2) is 4.79 Å². The van der Waals surface area contributed by atoms with Crippen LogP contribution in [0.4, 0.5) is 0 Å². The van der Waals surface area contributed by atoms with E-state index in [1.54, 1.807) is 6.08 Å². The number of nitrogens with zero attached hydrogens (tertiary/aromatic N) is 4. The quantitative estimate of drug-likeness (QED) is 0.185. The fourth-order valence-corrected chi connectivity index (χ4v) is 4.55. The Hall–Kier alpha value is -3.54. The molecule has 0 radical (unpaired) electrons. The summed E-state index contributed by atoms with van der Waals surface area (Å²) >= 11 is 0. The largest absolute Gasteiger partial charge is 0.466 e. The first-order valence-corrected chi connectivity index (χ1v) is 10.8. The molecule has 1 fully saturated rings. The minimum Gasteiger partial charge on any atom is -0.466 e. The number of likely N-dealkylation sites (tertiary alicyclic amines) is 1. The van der Waals surface area contributed by atoms with E-state index in [9.17, 15) is 4.79 Å². The van der Waals surface area contributed by atoms with E-state index < -0.39 is 0 Å². The normalized spacial score (nSPS) is 18.8. The molecule has 4 rings (SSSR count). The lowest BCUT2D eigenvalue weighted by molar-refractivity contribution is -0.134. The van der Waals surface area contributed by atoms with Crippen molar-refractivity contribution in [1.29, 1.82) is 0 Å². The van der Waals surface area contributed by atoms with Gasteiger partial charge in [0, 0.05) is 46.7 Å². The van der Waals surface area contributed by atoms with E-state index in [0.717, 1.165) is 37.0 Å². The highest BCUT2D eigenvalue weighted by molar-refractivity contribution is 5.87. The first-order chi connectivity index (χ1) is 15.6. The lowest BCUT2D eigenvalue weighted by Gasteiger charge is -2.25. The molecule has 0 saturated carbocycles. The maximum absolute atomic E-state index is 11.3. The summed E-state index contributed by atoms with van der Waals surface area (Å²) in [6, 6.07) is 16.8. The van der Waals surface area contributed by atoms with Crippen molar-refractivity contribution < 1.29 is 9.53 Å². The Bertz CT molecular complexity index is 1170. The fraction of sp³-hybridized carbons (Fsp3) is 0.320. The van der Waals surface area contributed by atoms with Crippen LogP contribution < -0.4 is 0 Å². The van der Waals surface area contributed by atoms with Crippen molar-refractivity contribution in [3.05, 3.63) is 87.4 Å². The molecule has 1 saturated heterocycles. The molecule has 2 heterocycles. The molecule has 0 bridgehead atoms. The lowest BCUT2D eigenvalue weighted by Crippen LogP contribution is -2.31. The number of esters is 1.